The Kier molecular flexibility index (Phi) is 7.31. The van der Waals surface area contributed by atoms with Crippen LogP contribution in [0.2, 0.25) is 0 Å². The molecule has 0 saturated carbocycles. The molecule has 0 amide bonds. The van der Waals surface area contributed by atoms with Crippen molar-refractivity contribution in [2.45, 2.75) is 20.8 Å². The van der Waals surface area contributed by atoms with Crippen LogP contribution in [-0.2, 0) is 38.1 Å². The van der Waals surface area contributed by atoms with Crippen LogP contribution in [-0.4, -0.2) is 57.2 Å². The minimum absolute atomic E-state index is 0.0216. The van der Waals surface area contributed by atoms with Gasteiger partial charge in [0.05, 0.1) is 33.5 Å². The van der Waals surface area contributed by atoms with Crippen molar-refractivity contribution in [2.24, 2.45) is 0 Å². The van der Waals surface area contributed by atoms with Crippen molar-refractivity contribution < 1.29 is 38.1 Å². The standard InChI is InChI=1S/C16H20O8/c1-5-23-14(18)12(15(19)24-6-2)9(3)10-7-22-8-11(10)13(17)16(20)21-4/h5-8H2,1-4H3. The molecular formula is C16H20O8. The highest BCUT2D eigenvalue weighted by Crippen LogP contribution is 2.26. The van der Waals surface area contributed by atoms with E-state index in [1.54, 1.807) is 13.8 Å². The van der Waals surface area contributed by atoms with Gasteiger partial charge in [0.15, 0.2) is 0 Å². The molecule has 0 radical (unpaired) electrons. The van der Waals surface area contributed by atoms with E-state index < -0.39 is 23.7 Å². The Balaban J connectivity index is 3.40. The molecule has 8 heteroatoms. The Morgan fingerprint density at radius 1 is 0.917 bits per heavy atom. The lowest BCUT2D eigenvalue weighted by Crippen LogP contribution is -2.22. The second-order valence-electron chi connectivity index (χ2n) is 4.71. The smallest absolute Gasteiger partial charge is 0.379 e. The molecule has 8 nitrogen and oxygen atoms in total. The number of rotatable bonds is 7. The van der Waals surface area contributed by atoms with E-state index in [4.69, 9.17) is 14.2 Å². The number of carbonyl (C=O) groups excluding carboxylic acids is 4. The van der Waals surface area contributed by atoms with E-state index in [1.807, 2.05) is 0 Å². The fourth-order valence-corrected chi connectivity index (χ4v) is 2.13. The fourth-order valence-electron chi connectivity index (χ4n) is 2.13. The first-order valence-electron chi connectivity index (χ1n) is 7.36. The zero-order chi connectivity index (χ0) is 18.3. The van der Waals surface area contributed by atoms with Crippen LogP contribution in [0.15, 0.2) is 22.3 Å². The van der Waals surface area contributed by atoms with Crippen LogP contribution in [0.5, 0.6) is 0 Å². The molecule has 0 unspecified atom stereocenters. The molecule has 1 rings (SSSR count). The third kappa shape index (κ3) is 4.29. The molecule has 0 aromatic heterocycles. The van der Waals surface area contributed by atoms with E-state index in [2.05, 4.69) is 4.74 Å². The van der Waals surface area contributed by atoms with Crippen LogP contribution < -0.4 is 0 Å². The molecule has 0 bridgehead atoms. The minimum Gasteiger partial charge on any atom is -0.463 e. The van der Waals surface area contributed by atoms with Gasteiger partial charge in [-0.3, -0.25) is 4.79 Å². The summed E-state index contributed by atoms with van der Waals surface area (Å²) in [6.45, 7) is 4.67. The second-order valence-corrected chi connectivity index (χ2v) is 4.71. The number of hydrogen-bond acceptors (Lipinski definition) is 8. The maximum Gasteiger partial charge on any atom is 0.379 e. The quantitative estimate of drug-likeness (QED) is 0.165. The predicted molar refractivity (Wildman–Crippen MR) is 80.8 cm³/mol. The Labute approximate surface area is 139 Å². The molecular weight excluding hydrogens is 320 g/mol. The monoisotopic (exact) mass is 340 g/mol. The third-order valence-corrected chi connectivity index (χ3v) is 3.29. The molecule has 1 aliphatic heterocycles. The van der Waals surface area contributed by atoms with Crippen molar-refractivity contribution in [1.29, 1.82) is 0 Å². The SMILES string of the molecule is CCOC(=O)C(C(=O)OCC)=C(C)C1=C(C(=O)C(=O)OC)COC1. The summed E-state index contributed by atoms with van der Waals surface area (Å²) in [7, 11) is 1.08. The van der Waals surface area contributed by atoms with Crippen LogP contribution in [0.3, 0.4) is 0 Å². The second kappa shape index (κ2) is 8.97. The first kappa shape index (κ1) is 19.6. The summed E-state index contributed by atoms with van der Waals surface area (Å²) in [5.74, 6) is -3.65. The molecule has 0 spiro atoms. The van der Waals surface area contributed by atoms with Gasteiger partial charge in [-0.1, -0.05) is 0 Å². The van der Waals surface area contributed by atoms with E-state index in [0.29, 0.717) is 0 Å². The van der Waals surface area contributed by atoms with Crippen molar-refractivity contribution in [3.8, 4) is 0 Å². The maximum absolute atomic E-state index is 12.1. The summed E-state index contributed by atoms with van der Waals surface area (Å²) in [5.41, 5.74) is 0.179. The number of hydrogen-bond donors (Lipinski definition) is 0. The number of Topliss-reactive ketones (excluding diaryl/α,β-unsaturated/α-hetero) is 1. The van der Waals surface area contributed by atoms with Crippen molar-refractivity contribution in [3.05, 3.63) is 22.3 Å². The topological polar surface area (TPSA) is 105 Å². The van der Waals surface area contributed by atoms with Crippen LogP contribution in [0.1, 0.15) is 20.8 Å². The molecule has 24 heavy (non-hydrogen) atoms. The fraction of sp³-hybridized carbons (Fsp3) is 0.500. The molecule has 132 valence electrons. The lowest BCUT2D eigenvalue weighted by atomic mass is 9.96. The van der Waals surface area contributed by atoms with Crippen molar-refractivity contribution in [2.75, 3.05) is 33.5 Å². The summed E-state index contributed by atoms with van der Waals surface area (Å²) in [6.07, 6.45) is 0. The molecule has 0 saturated heterocycles. The van der Waals surface area contributed by atoms with Crippen molar-refractivity contribution >= 4 is 23.7 Å². The zero-order valence-corrected chi connectivity index (χ0v) is 14.1. The van der Waals surface area contributed by atoms with Gasteiger partial charge in [-0.05, 0) is 31.9 Å². The summed E-state index contributed by atoms with van der Waals surface area (Å²) >= 11 is 0. The van der Waals surface area contributed by atoms with Gasteiger partial charge < -0.3 is 18.9 Å². The largest absolute Gasteiger partial charge is 0.463 e. The average Bonchev–Trinajstić information content (AvgIpc) is 3.03. The van der Waals surface area contributed by atoms with Gasteiger partial charge >= 0.3 is 17.9 Å². The van der Waals surface area contributed by atoms with Gasteiger partial charge in [0.25, 0.3) is 5.78 Å². The number of carbonyl (C=O) groups is 4. The highest BCUT2D eigenvalue weighted by atomic mass is 16.6. The third-order valence-electron chi connectivity index (χ3n) is 3.29. The molecule has 1 aliphatic rings. The summed E-state index contributed by atoms with van der Waals surface area (Å²) in [4.78, 5) is 47.7. The van der Waals surface area contributed by atoms with Gasteiger partial charge in [-0.15, -0.1) is 0 Å². The first-order valence-corrected chi connectivity index (χ1v) is 7.36. The summed E-state index contributed by atoms with van der Waals surface area (Å²) in [6, 6.07) is 0. The highest BCUT2D eigenvalue weighted by Gasteiger charge is 2.32. The van der Waals surface area contributed by atoms with Gasteiger partial charge in [0, 0.05) is 5.57 Å². The predicted octanol–water partition coefficient (Wildman–Crippen LogP) is 0.498. The zero-order valence-electron chi connectivity index (χ0n) is 14.1. The van der Waals surface area contributed by atoms with Crippen LogP contribution >= 0.6 is 0 Å². The van der Waals surface area contributed by atoms with Crippen molar-refractivity contribution in [3.63, 3.8) is 0 Å². The molecule has 1 heterocycles. The Bertz CT molecular complexity index is 592. The highest BCUT2D eigenvalue weighted by molar-refractivity contribution is 6.41. The Morgan fingerprint density at radius 2 is 1.42 bits per heavy atom. The lowest BCUT2D eigenvalue weighted by Gasteiger charge is -2.12. The van der Waals surface area contributed by atoms with E-state index in [9.17, 15) is 19.2 Å². The lowest BCUT2D eigenvalue weighted by molar-refractivity contribution is -0.150. The Hall–Kier alpha value is -2.48. The van der Waals surface area contributed by atoms with E-state index in [1.165, 1.54) is 6.92 Å². The van der Waals surface area contributed by atoms with Crippen LogP contribution in [0.4, 0.5) is 0 Å². The number of ketones is 1. The van der Waals surface area contributed by atoms with E-state index >= 15 is 0 Å². The molecule has 0 fully saturated rings. The molecule has 0 aromatic carbocycles. The molecule has 0 atom stereocenters. The van der Waals surface area contributed by atoms with E-state index in [-0.39, 0.29) is 48.7 Å². The van der Waals surface area contributed by atoms with Gasteiger partial charge in [-0.2, -0.15) is 0 Å². The van der Waals surface area contributed by atoms with Crippen LogP contribution in [0, 0.1) is 0 Å². The summed E-state index contributed by atoms with van der Waals surface area (Å²) < 4.78 is 19.4. The minimum atomic E-state index is -1.05. The van der Waals surface area contributed by atoms with Gasteiger partial charge in [0.2, 0.25) is 0 Å². The number of methoxy groups -OCH3 is 1. The average molecular weight is 340 g/mol. The molecule has 0 aliphatic carbocycles. The van der Waals surface area contributed by atoms with E-state index in [0.717, 1.165) is 7.11 Å². The summed E-state index contributed by atoms with van der Waals surface area (Å²) in [5, 5.41) is 0. The van der Waals surface area contributed by atoms with Gasteiger partial charge in [-0.25, -0.2) is 14.4 Å². The van der Waals surface area contributed by atoms with Crippen LogP contribution in [0.25, 0.3) is 0 Å². The Morgan fingerprint density at radius 3 is 1.88 bits per heavy atom. The normalized spacial score (nSPS) is 13.3. The first-order chi connectivity index (χ1) is 11.4. The number of ether oxygens (including phenoxy) is 4. The molecule has 0 aromatic rings. The molecule has 0 N–H and O–H groups in total. The number of esters is 3. The van der Waals surface area contributed by atoms with Crippen molar-refractivity contribution in [1.82, 2.24) is 0 Å². The maximum atomic E-state index is 12.1. The van der Waals surface area contributed by atoms with Gasteiger partial charge in [0.1, 0.15) is 5.57 Å².